The van der Waals surface area contributed by atoms with Crippen LogP contribution in [0.3, 0.4) is 0 Å². The maximum atomic E-state index is 12.4. The van der Waals surface area contributed by atoms with Crippen LogP contribution < -0.4 is 10.1 Å². The van der Waals surface area contributed by atoms with Crippen LogP contribution in [0.4, 0.5) is 5.13 Å². The number of amides is 1. The van der Waals surface area contributed by atoms with E-state index in [0.29, 0.717) is 23.1 Å². The average Bonchev–Trinajstić information content (AvgIpc) is 3.21. The number of carbonyl (C=O) groups excluding carboxylic acids is 1. The third-order valence-corrected chi connectivity index (χ3v) is 4.93. The summed E-state index contributed by atoms with van der Waals surface area (Å²) in [4.78, 5) is 16.9. The van der Waals surface area contributed by atoms with E-state index < -0.39 is 0 Å². The van der Waals surface area contributed by atoms with Crippen molar-refractivity contribution in [3.05, 3.63) is 57.9 Å². The molecule has 142 valence electrons. The first kappa shape index (κ1) is 19.1. The standard InChI is InChI=1S/C20H23N3O3S/c1-12-16(13(2)26-23-12)10-25-15-8-6-14(7-9-15)18(24)22-19-21-17(11-27-19)20(3,4)5/h6-9,11H,10H2,1-5H3,(H,21,22,24). The molecule has 3 aromatic rings. The van der Waals surface area contributed by atoms with E-state index in [1.54, 1.807) is 24.3 Å². The van der Waals surface area contributed by atoms with Gasteiger partial charge >= 0.3 is 0 Å². The Bertz CT molecular complexity index is 917. The summed E-state index contributed by atoms with van der Waals surface area (Å²) in [7, 11) is 0. The predicted octanol–water partition coefficient (Wildman–Crippen LogP) is 4.88. The van der Waals surface area contributed by atoms with Gasteiger partial charge in [-0.25, -0.2) is 4.98 Å². The Morgan fingerprint density at radius 3 is 2.48 bits per heavy atom. The lowest BCUT2D eigenvalue weighted by Gasteiger charge is -2.14. The quantitative estimate of drug-likeness (QED) is 0.677. The number of carbonyl (C=O) groups is 1. The fourth-order valence-electron chi connectivity index (χ4n) is 2.41. The van der Waals surface area contributed by atoms with Crippen LogP contribution in [-0.2, 0) is 12.0 Å². The van der Waals surface area contributed by atoms with Crippen molar-refractivity contribution in [2.45, 2.75) is 46.6 Å². The van der Waals surface area contributed by atoms with Crippen LogP contribution in [0.15, 0.2) is 34.2 Å². The van der Waals surface area contributed by atoms with Crippen molar-refractivity contribution in [3.63, 3.8) is 0 Å². The molecule has 0 saturated heterocycles. The summed E-state index contributed by atoms with van der Waals surface area (Å²) in [6.45, 7) is 10.4. The van der Waals surface area contributed by atoms with Crippen LogP contribution in [0.5, 0.6) is 5.75 Å². The molecule has 7 heteroatoms. The highest BCUT2D eigenvalue weighted by Gasteiger charge is 2.18. The van der Waals surface area contributed by atoms with Crippen molar-refractivity contribution < 1.29 is 14.1 Å². The number of hydrogen-bond acceptors (Lipinski definition) is 6. The number of aryl methyl sites for hydroxylation is 2. The second-order valence-corrected chi connectivity index (χ2v) is 8.22. The predicted molar refractivity (Wildman–Crippen MR) is 106 cm³/mol. The lowest BCUT2D eigenvalue weighted by Crippen LogP contribution is -2.14. The summed E-state index contributed by atoms with van der Waals surface area (Å²) in [6, 6.07) is 7.01. The number of rotatable bonds is 5. The Morgan fingerprint density at radius 2 is 1.93 bits per heavy atom. The van der Waals surface area contributed by atoms with Gasteiger partial charge in [0.05, 0.1) is 17.0 Å². The van der Waals surface area contributed by atoms with Gasteiger partial charge in [-0.05, 0) is 38.1 Å². The number of ether oxygens (including phenoxy) is 1. The highest BCUT2D eigenvalue weighted by molar-refractivity contribution is 7.14. The molecule has 0 aliphatic carbocycles. The molecule has 0 fully saturated rings. The molecule has 2 heterocycles. The molecular formula is C20H23N3O3S. The summed E-state index contributed by atoms with van der Waals surface area (Å²) in [6.07, 6.45) is 0. The fraction of sp³-hybridized carbons (Fsp3) is 0.350. The van der Waals surface area contributed by atoms with E-state index in [-0.39, 0.29) is 11.3 Å². The van der Waals surface area contributed by atoms with E-state index in [2.05, 4.69) is 36.2 Å². The molecule has 0 aliphatic heterocycles. The Balaban J connectivity index is 1.61. The first-order valence-corrected chi connectivity index (χ1v) is 9.54. The number of nitrogens with zero attached hydrogens (tertiary/aromatic N) is 2. The van der Waals surface area contributed by atoms with Crippen LogP contribution in [0, 0.1) is 13.8 Å². The van der Waals surface area contributed by atoms with Crippen molar-refractivity contribution in [3.8, 4) is 5.75 Å². The van der Waals surface area contributed by atoms with Gasteiger partial charge in [0, 0.05) is 16.4 Å². The highest BCUT2D eigenvalue weighted by Crippen LogP contribution is 2.26. The molecular weight excluding hydrogens is 362 g/mol. The molecule has 0 aliphatic rings. The molecule has 6 nitrogen and oxygen atoms in total. The molecule has 3 rings (SSSR count). The molecule has 27 heavy (non-hydrogen) atoms. The zero-order valence-electron chi connectivity index (χ0n) is 16.1. The summed E-state index contributed by atoms with van der Waals surface area (Å²) in [5.41, 5.74) is 3.23. The van der Waals surface area contributed by atoms with Crippen molar-refractivity contribution in [2.24, 2.45) is 0 Å². The van der Waals surface area contributed by atoms with E-state index in [4.69, 9.17) is 9.26 Å². The lowest BCUT2D eigenvalue weighted by molar-refractivity contribution is 0.102. The minimum atomic E-state index is -0.193. The SMILES string of the molecule is Cc1noc(C)c1COc1ccc(C(=O)Nc2nc(C(C)(C)C)cs2)cc1. The van der Waals surface area contributed by atoms with Crippen LogP contribution >= 0.6 is 11.3 Å². The van der Waals surface area contributed by atoms with E-state index in [0.717, 1.165) is 22.7 Å². The molecule has 0 bridgehead atoms. The first-order valence-electron chi connectivity index (χ1n) is 8.66. The second kappa shape index (κ2) is 7.52. The molecule has 1 N–H and O–H groups in total. The number of anilines is 1. The molecule has 1 amide bonds. The van der Waals surface area contributed by atoms with Crippen molar-refractivity contribution >= 4 is 22.4 Å². The molecule has 0 atom stereocenters. The third kappa shape index (κ3) is 4.54. The normalized spacial score (nSPS) is 11.4. The number of hydrogen-bond donors (Lipinski definition) is 1. The molecule has 0 spiro atoms. The van der Waals surface area contributed by atoms with E-state index >= 15 is 0 Å². The van der Waals surface area contributed by atoms with Gasteiger partial charge in [-0.1, -0.05) is 25.9 Å². The van der Waals surface area contributed by atoms with Gasteiger partial charge in [0.25, 0.3) is 5.91 Å². The van der Waals surface area contributed by atoms with Gasteiger partial charge < -0.3 is 9.26 Å². The smallest absolute Gasteiger partial charge is 0.257 e. The second-order valence-electron chi connectivity index (χ2n) is 7.36. The maximum Gasteiger partial charge on any atom is 0.257 e. The average molecular weight is 385 g/mol. The highest BCUT2D eigenvalue weighted by atomic mass is 32.1. The topological polar surface area (TPSA) is 77.2 Å². The van der Waals surface area contributed by atoms with Gasteiger partial charge in [-0.2, -0.15) is 0 Å². The molecule has 0 radical (unpaired) electrons. The summed E-state index contributed by atoms with van der Waals surface area (Å²) < 4.78 is 10.9. The zero-order chi connectivity index (χ0) is 19.6. The molecule has 2 aromatic heterocycles. The Hall–Kier alpha value is -2.67. The van der Waals surface area contributed by atoms with Crippen LogP contribution in [0.1, 0.15) is 53.8 Å². The number of nitrogens with one attached hydrogen (secondary N) is 1. The number of thiazole rings is 1. The lowest BCUT2D eigenvalue weighted by atomic mass is 9.93. The van der Waals surface area contributed by atoms with Crippen molar-refractivity contribution in [1.82, 2.24) is 10.1 Å². The molecule has 0 unspecified atom stereocenters. The van der Waals surface area contributed by atoms with Gasteiger partial charge in [-0.3, -0.25) is 10.1 Å². The van der Waals surface area contributed by atoms with Crippen molar-refractivity contribution in [2.75, 3.05) is 5.32 Å². The van der Waals surface area contributed by atoms with Gasteiger partial charge in [0.1, 0.15) is 18.1 Å². The Labute approximate surface area is 162 Å². The summed E-state index contributed by atoms with van der Waals surface area (Å²) in [5.74, 6) is 1.24. The largest absolute Gasteiger partial charge is 0.489 e. The minimum absolute atomic E-state index is 0.0420. The monoisotopic (exact) mass is 385 g/mol. The third-order valence-electron chi connectivity index (χ3n) is 4.17. The zero-order valence-corrected chi connectivity index (χ0v) is 16.9. The molecule has 1 aromatic carbocycles. The van der Waals surface area contributed by atoms with Gasteiger partial charge in [-0.15, -0.1) is 11.3 Å². The van der Waals surface area contributed by atoms with Gasteiger partial charge in [0.15, 0.2) is 5.13 Å². The van der Waals surface area contributed by atoms with Crippen molar-refractivity contribution in [1.29, 1.82) is 0 Å². The Kier molecular flexibility index (Phi) is 5.32. The van der Waals surface area contributed by atoms with E-state index in [1.807, 2.05) is 19.2 Å². The Morgan fingerprint density at radius 1 is 1.22 bits per heavy atom. The fourth-order valence-corrected chi connectivity index (χ4v) is 3.34. The molecule has 0 saturated carbocycles. The maximum absolute atomic E-state index is 12.4. The number of aromatic nitrogens is 2. The van der Waals surface area contributed by atoms with Crippen LogP contribution in [0.2, 0.25) is 0 Å². The minimum Gasteiger partial charge on any atom is -0.489 e. The first-order chi connectivity index (χ1) is 12.7. The summed E-state index contributed by atoms with van der Waals surface area (Å²) >= 11 is 1.43. The van der Waals surface area contributed by atoms with Gasteiger partial charge in [0.2, 0.25) is 0 Å². The van der Waals surface area contributed by atoms with E-state index in [9.17, 15) is 4.79 Å². The van der Waals surface area contributed by atoms with E-state index in [1.165, 1.54) is 11.3 Å². The van der Waals surface area contributed by atoms with Crippen LogP contribution in [0.25, 0.3) is 0 Å². The number of benzene rings is 1. The van der Waals surface area contributed by atoms with Crippen LogP contribution in [-0.4, -0.2) is 16.0 Å². The summed E-state index contributed by atoms with van der Waals surface area (Å²) in [5, 5.41) is 9.33.